The normalized spacial score (nSPS) is 11.7. The van der Waals surface area contributed by atoms with Crippen molar-refractivity contribution in [2.45, 2.75) is 9.79 Å². The van der Waals surface area contributed by atoms with Crippen LogP contribution in [0.1, 0.15) is 0 Å². The zero-order valence-corrected chi connectivity index (χ0v) is 20.5. The minimum atomic E-state index is -4.08. The number of hydrogen-bond donors (Lipinski definition) is 2. The molecule has 0 heterocycles. The Balaban J connectivity index is 1.81. The van der Waals surface area contributed by atoms with Gasteiger partial charge in [-0.1, -0.05) is 39.1 Å². The number of halogens is 3. The number of anilines is 2. The molecule has 2 N–H and O–H groups in total. The summed E-state index contributed by atoms with van der Waals surface area (Å²) in [5.74, 6) is 0.235. The highest BCUT2D eigenvalue weighted by Gasteiger charge is 2.22. The third-order valence-electron chi connectivity index (χ3n) is 4.03. The van der Waals surface area contributed by atoms with Gasteiger partial charge in [-0.25, -0.2) is 16.8 Å². The van der Waals surface area contributed by atoms with Gasteiger partial charge in [0.15, 0.2) is 0 Å². The van der Waals surface area contributed by atoms with E-state index >= 15 is 0 Å². The fraction of sp³-hybridized carbons (Fsp3) is 0.0526. The first-order valence-electron chi connectivity index (χ1n) is 8.47. The first kappa shape index (κ1) is 23.7. The van der Waals surface area contributed by atoms with Crippen LogP contribution >= 0.6 is 39.1 Å². The van der Waals surface area contributed by atoms with Gasteiger partial charge in [0.1, 0.15) is 15.7 Å². The lowest BCUT2D eigenvalue weighted by Crippen LogP contribution is -2.15. The van der Waals surface area contributed by atoms with Gasteiger partial charge in [0.05, 0.1) is 17.0 Å². The van der Waals surface area contributed by atoms with Crippen LogP contribution in [0, 0.1) is 0 Å². The smallest absolute Gasteiger partial charge is 0.263 e. The van der Waals surface area contributed by atoms with Crippen molar-refractivity contribution < 1.29 is 21.6 Å². The summed E-state index contributed by atoms with van der Waals surface area (Å²) >= 11 is 15.4. The number of ether oxygens (including phenoxy) is 1. The molecule has 7 nitrogen and oxygen atoms in total. The standard InChI is InChI=1S/C19H15BrCl2N2O5S2/c1-29-16-10-11-17(19(22)18(16)21)31(27,28)24-14-6-8-15(9-7-14)30(25,26)23-13-4-2-12(20)3-5-13/h2-11,23-24H,1H3. The summed E-state index contributed by atoms with van der Waals surface area (Å²) in [6, 6.07) is 14.5. The maximum Gasteiger partial charge on any atom is 0.263 e. The Bertz CT molecular complexity index is 1310. The maximum absolute atomic E-state index is 12.7. The highest BCUT2D eigenvalue weighted by Crippen LogP contribution is 2.37. The van der Waals surface area contributed by atoms with E-state index < -0.39 is 20.0 Å². The number of sulfonamides is 2. The number of hydrogen-bond acceptors (Lipinski definition) is 5. The molecule has 3 aromatic carbocycles. The monoisotopic (exact) mass is 564 g/mol. The van der Waals surface area contributed by atoms with Crippen LogP contribution in [-0.2, 0) is 20.0 Å². The van der Waals surface area contributed by atoms with Crippen molar-refractivity contribution in [3.63, 3.8) is 0 Å². The minimum Gasteiger partial charge on any atom is -0.495 e. The van der Waals surface area contributed by atoms with Crippen LogP contribution in [0.15, 0.2) is 74.9 Å². The van der Waals surface area contributed by atoms with Crippen LogP contribution in [0.3, 0.4) is 0 Å². The van der Waals surface area contributed by atoms with E-state index in [1.54, 1.807) is 24.3 Å². The van der Waals surface area contributed by atoms with Crippen LogP contribution in [-0.4, -0.2) is 23.9 Å². The number of nitrogens with one attached hydrogen (secondary N) is 2. The molecule has 0 bridgehead atoms. The SMILES string of the molecule is COc1ccc(S(=O)(=O)Nc2ccc(S(=O)(=O)Nc3ccc(Br)cc3)cc2)c(Cl)c1Cl. The Morgan fingerprint density at radius 3 is 1.81 bits per heavy atom. The Morgan fingerprint density at radius 1 is 0.742 bits per heavy atom. The minimum absolute atomic E-state index is 0.0347. The molecule has 0 fully saturated rings. The Kier molecular flexibility index (Phi) is 7.07. The molecule has 0 spiro atoms. The predicted octanol–water partition coefficient (Wildman–Crippen LogP) is 5.37. The van der Waals surface area contributed by atoms with E-state index in [1.165, 1.54) is 43.5 Å². The van der Waals surface area contributed by atoms with Gasteiger partial charge in [-0.3, -0.25) is 9.44 Å². The lowest BCUT2D eigenvalue weighted by atomic mass is 10.3. The summed E-state index contributed by atoms with van der Waals surface area (Å²) in [7, 11) is -6.56. The van der Waals surface area contributed by atoms with Crippen molar-refractivity contribution in [3.05, 3.63) is 75.2 Å². The molecule has 0 aliphatic carbocycles. The molecule has 3 aromatic rings. The highest BCUT2D eigenvalue weighted by atomic mass is 79.9. The molecule has 3 rings (SSSR count). The van der Waals surface area contributed by atoms with E-state index in [4.69, 9.17) is 27.9 Å². The van der Waals surface area contributed by atoms with Gasteiger partial charge >= 0.3 is 0 Å². The van der Waals surface area contributed by atoms with E-state index in [0.29, 0.717) is 5.69 Å². The quantitative estimate of drug-likeness (QED) is 0.401. The second-order valence-electron chi connectivity index (χ2n) is 6.14. The Labute approximate surface area is 198 Å². The summed E-state index contributed by atoms with van der Waals surface area (Å²) in [5.41, 5.74) is 0.532. The third-order valence-corrected chi connectivity index (χ3v) is 8.36. The van der Waals surface area contributed by atoms with Gasteiger partial charge in [0, 0.05) is 15.8 Å². The molecule has 12 heteroatoms. The van der Waals surface area contributed by atoms with Crippen LogP contribution < -0.4 is 14.2 Å². The van der Waals surface area contributed by atoms with Gasteiger partial charge in [-0.05, 0) is 60.7 Å². The van der Waals surface area contributed by atoms with Crippen LogP contribution in [0.5, 0.6) is 5.75 Å². The number of benzene rings is 3. The molecule has 0 saturated carbocycles. The number of methoxy groups -OCH3 is 1. The molecule has 0 aliphatic rings. The topological polar surface area (TPSA) is 102 Å². The molecule has 31 heavy (non-hydrogen) atoms. The average molecular weight is 566 g/mol. The third kappa shape index (κ3) is 5.45. The second kappa shape index (κ2) is 9.25. The summed E-state index contributed by atoms with van der Waals surface area (Å²) in [6.45, 7) is 0. The van der Waals surface area contributed by atoms with Crippen LogP contribution in [0.4, 0.5) is 11.4 Å². The maximum atomic E-state index is 12.7. The molecule has 0 radical (unpaired) electrons. The first-order valence-corrected chi connectivity index (χ1v) is 13.0. The molecule has 0 atom stereocenters. The lowest BCUT2D eigenvalue weighted by Gasteiger charge is -2.13. The van der Waals surface area contributed by atoms with Crippen molar-refractivity contribution in [1.82, 2.24) is 0 Å². The van der Waals surface area contributed by atoms with Crippen molar-refractivity contribution in [2.24, 2.45) is 0 Å². The summed E-state index contributed by atoms with van der Waals surface area (Å²) in [6.07, 6.45) is 0. The molecular formula is C19H15BrCl2N2O5S2. The summed E-state index contributed by atoms with van der Waals surface area (Å²) in [5, 5.41) is -0.223. The Hall–Kier alpha value is -1.98. The van der Waals surface area contributed by atoms with Gasteiger partial charge in [-0.15, -0.1) is 0 Å². The fourth-order valence-corrected chi connectivity index (χ4v) is 5.75. The zero-order chi connectivity index (χ0) is 22.8. The second-order valence-corrected chi connectivity index (χ2v) is 11.1. The van der Waals surface area contributed by atoms with Crippen LogP contribution in [0.2, 0.25) is 10.0 Å². The van der Waals surface area contributed by atoms with Crippen molar-refractivity contribution in [1.29, 1.82) is 0 Å². The number of rotatable bonds is 7. The largest absolute Gasteiger partial charge is 0.495 e. The van der Waals surface area contributed by atoms with E-state index in [2.05, 4.69) is 25.4 Å². The molecule has 0 aliphatic heterocycles. The molecule has 0 unspecified atom stereocenters. The predicted molar refractivity (Wildman–Crippen MR) is 125 cm³/mol. The van der Waals surface area contributed by atoms with E-state index in [9.17, 15) is 16.8 Å². The summed E-state index contributed by atoms with van der Waals surface area (Å²) in [4.78, 5) is -0.280. The van der Waals surface area contributed by atoms with Gasteiger partial charge in [0.25, 0.3) is 20.0 Å². The van der Waals surface area contributed by atoms with E-state index in [-0.39, 0.29) is 31.3 Å². The highest BCUT2D eigenvalue weighted by molar-refractivity contribution is 9.10. The van der Waals surface area contributed by atoms with E-state index in [0.717, 1.165) is 4.47 Å². The van der Waals surface area contributed by atoms with Crippen molar-refractivity contribution in [2.75, 3.05) is 16.6 Å². The molecule has 164 valence electrons. The molecular weight excluding hydrogens is 551 g/mol. The molecule has 0 aromatic heterocycles. The van der Waals surface area contributed by atoms with Crippen molar-refractivity contribution >= 4 is 70.6 Å². The molecule has 0 amide bonds. The fourth-order valence-electron chi connectivity index (χ4n) is 2.52. The first-order chi connectivity index (χ1) is 14.5. The van der Waals surface area contributed by atoms with Gasteiger partial charge < -0.3 is 4.74 Å². The van der Waals surface area contributed by atoms with Gasteiger partial charge in [0.2, 0.25) is 0 Å². The lowest BCUT2D eigenvalue weighted by molar-refractivity contribution is 0.414. The van der Waals surface area contributed by atoms with Crippen LogP contribution in [0.25, 0.3) is 0 Å². The van der Waals surface area contributed by atoms with Gasteiger partial charge in [-0.2, -0.15) is 0 Å². The van der Waals surface area contributed by atoms with E-state index in [1.807, 2.05) is 0 Å². The molecule has 0 saturated heterocycles. The Morgan fingerprint density at radius 2 is 1.26 bits per heavy atom. The average Bonchev–Trinajstić information content (AvgIpc) is 2.71. The van der Waals surface area contributed by atoms with Crippen molar-refractivity contribution in [3.8, 4) is 5.75 Å². The summed E-state index contributed by atoms with van der Waals surface area (Å²) < 4.78 is 61.1. The zero-order valence-electron chi connectivity index (χ0n) is 15.8.